The first kappa shape index (κ1) is 20.4. The lowest BCUT2D eigenvalue weighted by Gasteiger charge is -2.15. The fourth-order valence-electron chi connectivity index (χ4n) is 2.61. The molecule has 0 spiro atoms. The molecule has 3 rings (SSSR count). The third kappa shape index (κ3) is 5.15. The second-order valence-electron chi connectivity index (χ2n) is 5.65. The molecule has 0 aliphatic rings. The molecule has 29 heavy (non-hydrogen) atoms. The van der Waals surface area contributed by atoms with Crippen molar-refractivity contribution in [3.8, 4) is 33.8 Å². The smallest absolute Gasteiger partial charge is 0.405 e. The molecule has 0 unspecified atom stereocenters. The summed E-state index contributed by atoms with van der Waals surface area (Å²) in [5.74, 6) is -2.38. The number of ether oxygens (including phenoxy) is 2. The molecule has 152 valence electrons. The zero-order valence-electron chi connectivity index (χ0n) is 14.2. The largest absolute Gasteiger partial charge is 0.573 e. The van der Waals surface area contributed by atoms with Crippen LogP contribution in [0.1, 0.15) is 0 Å². The zero-order chi connectivity index (χ0) is 21.2. The molecule has 1 heterocycles. The number of pyridine rings is 1. The summed E-state index contributed by atoms with van der Waals surface area (Å²) in [6.07, 6.45) is -9.05. The molecule has 0 saturated carbocycles. The van der Waals surface area contributed by atoms with E-state index in [1.807, 2.05) is 0 Å². The van der Waals surface area contributed by atoms with Crippen LogP contribution in [0.4, 0.5) is 30.7 Å². The van der Waals surface area contributed by atoms with Crippen LogP contribution in [0.5, 0.6) is 11.5 Å². The number of hydrogen-bond acceptors (Lipinski definition) is 3. The van der Waals surface area contributed by atoms with Gasteiger partial charge in [-0.25, -0.2) is 4.98 Å². The second kappa shape index (κ2) is 7.61. The quantitative estimate of drug-likeness (QED) is 0.366. The van der Waals surface area contributed by atoms with Gasteiger partial charge in [-0.05, 0) is 18.2 Å². The maximum atomic E-state index is 14.3. The highest BCUT2D eigenvalue weighted by Crippen LogP contribution is 2.38. The molecule has 0 aliphatic heterocycles. The summed E-state index contributed by atoms with van der Waals surface area (Å²) in [5, 5.41) is 0. The monoisotopic (exact) mass is 417 g/mol. The van der Waals surface area contributed by atoms with Crippen LogP contribution in [0.15, 0.2) is 60.8 Å². The van der Waals surface area contributed by atoms with Crippen molar-refractivity contribution >= 4 is 0 Å². The summed E-state index contributed by atoms with van der Waals surface area (Å²) >= 11 is 0. The third-order valence-corrected chi connectivity index (χ3v) is 3.67. The molecule has 2 aromatic carbocycles. The molecule has 0 amide bonds. The molecule has 0 bridgehead atoms. The van der Waals surface area contributed by atoms with E-state index < -0.39 is 30.2 Å². The van der Waals surface area contributed by atoms with Gasteiger partial charge in [0, 0.05) is 28.5 Å². The minimum atomic E-state index is -5.02. The van der Waals surface area contributed by atoms with Gasteiger partial charge in [-0.3, -0.25) is 0 Å². The Hall–Kier alpha value is -3.30. The van der Waals surface area contributed by atoms with Crippen molar-refractivity contribution in [1.82, 2.24) is 4.98 Å². The first-order valence-electron chi connectivity index (χ1n) is 7.89. The molecular weight excluding hydrogens is 407 g/mol. The number of rotatable bonds is 4. The van der Waals surface area contributed by atoms with Gasteiger partial charge in [0.15, 0.2) is 0 Å². The maximum Gasteiger partial charge on any atom is 0.573 e. The molecule has 0 atom stereocenters. The maximum absolute atomic E-state index is 14.3. The molecule has 10 heteroatoms. The standard InChI is InChI=1S/C19H10F7NO2/c20-17-14(13-6-2-4-8-16(13)29-19(24,25)26)9-11(10-27-17)12-5-1-3-7-15(12)28-18(21,22)23/h1-10H. The van der Waals surface area contributed by atoms with Gasteiger partial charge >= 0.3 is 12.7 Å². The molecule has 0 N–H and O–H groups in total. The predicted molar refractivity (Wildman–Crippen MR) is 88.4 cm³/mol. The van der Waals surface area contributed by atoms with E-state index >= 15 is 0 Å². The van der Waals surface area contributed by atoms with Crippen molar-refractivity contribution in [1.29, 1.82) is 0 Å². The summed E-state index contributed by atoms with van der Waals surface area (Å²) in [5.41, 5.74) is -0.731. The highest BCUT2D eigenvalue weighted by molar-refractivity contribution is 5.78. The molecule has 1 aromatic heterocycles. The van der Waals surface area contributed by atoms with Crippen LogP contribution in [-0.2, 0) is 0 Å². The van der Waals surface area contributed by atoms with Gasteiger partial charge in [0.25, 0.3) is 0 Å². The summed E-state index contributed by atoms with van der Waals surface area (Å²) < 4.78 is 98.0. The van der Waals surface area contributed by atoms with E-state index in [0.29, 0.717) is 0 Å². The Morgan fingerprint density at radius 2 is 1.14 bits per heavy atom. The average Bonchev–Trinajstić information content (AvgIpc) is 2.61. The van der Waals surface area contributed by atoms with E-state index in [0.717, 1.165) is 24.4 Å². The van der Waals surface area contributed by atoms with E-state index in [1.54, 1.807) is 0 Å². The minimum absolute atomic E-state index is 0.00283. The van der Waals surface area contributed by atoms with Gasteiger partial charge in [0.1, 0.15) is 11.5 Å². The van der Waals surface area contributed by atoms with Crippen molar-refractivity contribution in [3.63, 3.8) is 0 Å². The molecule has 3 nitrogen and oxygen atoms in total. The van der Waals surface area contributed by atoms with Crippen molar-refractivity contribution in [3.05, 3.63) is 66.7 Å². The summed E-state index contributed by atoms with van der Waals surface area (Å²) in [4.78, 5) is 3.47. The van der Waals surface area contributed by atoms with Crippen molar-refractivity contribution in [2.45, 2.75) is 12.7 Å². The number of hydrogen-bond donors (Lipinski definition) is 0. The Morgan fingerprint density at radius 1 is 0.655 bits per heavy atom. The van der Waals surface area contributed by atoms with E-state index in [-0.39, 0.29) is 22.3 Å². The van der Waals surface area contributed by atoms with Crippen LogP contribution in [0, 0.1) is 5.95 Å². The normalized spacial score (nSPS) is 12.0. The second-order valence-corrected chi connectivity index (χ2v) is 5.65. The SMILES string of the molecule is Fc1ncc(-c2ccccc2OC(F)(F)F)cc1-c1ccccc1OC(F)(F)F. The van der Waals surface area contributed by atoms with Gasteiger partial charge in [-0.1, -0.05) is 36.4 Å². The van der Waals surface area contributed by atoms with Crippen molar-refractivity contribution in [2.24, 2.45) is 0 Å². The van der Waals surface area contributed by atoms with Crippen LogP contribution >= 0.6 is 0 Å². The summed E-state index contributed by atoms with van der Waals surface area (Å²) in [6.45, 7) is 0. The number of alkyl halides is 6. The van der Waals surface area contributed by atoms with E-state index in [1.165, 1.54) is 36.4 Å². The number of para-hydroxylation sites is 2. The molecule has 0 aliphatic carbocycles. The van der Waals surface area contributed by atoms with Crippen molar-refractivity contribution in [2.75, 3.05) is 0 Å². The van der Waals surface area contributed by atoms with Gasteiger partial charge in [0.05, 0.1) is 0 Å². The Kier molecular flexibility index (Phi) is 5.36. The van der Waals surface area contributed by atoms with Crippen LogP contribution in [-0.4, -0.2) is 17.7 Å². The lowest BCUT2D eigenvalue weighted by Crippen LogP contribution is -2.17. The Labute approximate surface area is 159 Å². The molecule has 0 radical (unpaired) electrons. The van der Waals surface area contributed by atoms with Crippen molar-refractivity contribution < 1.29 is 40.2 Å². The van der Waals surface area contributed by atoms with Crippen LogP contribution < -0.4 is 9.47 Å². The Morgan fingerprint density at radius 3 is 1.69 bits per heavy atom. The van der Waals surface area contributed by atoms with Gasteiger partial charge in [-0.2, -0.15) is 4.39 Å². The number of halogens is 7. The molecule has 3 aromatic rings. The highest BCUT2D eigenvalue weighted by atomic mass is 19.4. The van der Waals surface area contributed by atoms with Crippen LogP contribution in [0.3, 0.4) is 0 Å². The van der Waals surface area contributed by atoms with E-state index in [9.17, 15) is 30.7 Å². The molecule has 0 fully saturated rings. The van der Waals surface area contributed by atoms with Crippen LogP contribution in [0.2, 0.25) is 0 Å². The topological polar surface area (TPSA) is 31.4 Å². The fraction of sp³-hybridized carbons (Fsp3) is 0.105. The first-order chi connectivity index (χ1) is 13.5. The van der Waals surface area contributed by atoms with E-state index in [2.05, 4.69) is 14.5 Å². The number of nitrogens with zero attached hydrogens (tertiary/aromatic N) is 1. The van der Waals surface area contributed by atoms with E-state index in [4.69, 9.17) is 0 Å². The predicted octanol–water partition coefficient (Wildman–Crippen LogP) is 6.35. The number of aromatic nitrogens is 1. The van der Waals surface area contributed by atoms with Crippen LogP contribution in [0.25, 0.3) is 22.3 Å². The average molecular weight is 417 g/mol. The fourth-order valence-corrected chi connectivity index (χ4v) is 2.61. The Bertz CT molecular complexity index is 1020. The third-order valence-electron chi connectivity index (χ3n) is 3.67. The highest BCUT2D eigenvalue weighted by Gasteiger charge is 2.33. The lowest BCUT2D eigenvalue weighted by atomic mass is 10.0. The summed E-state index contributed by atoms with van der Waals surface area (Å²) in [7, 11) is 0. The Balaban J connectivity index is 2.11. The van der Waals surface area contributed by atoms with Gasteiger partial charge in [-0.15, -0.1) is 26.3 Å². The molecular formula is C19H10F7NO2. The summed E-state index contributed by atoms with van der Waals surface area (Å²) in [6, 6.07) is 10.9. The molecule has 0 saturated heterocycles. The van der Waals surface area contributed by atoms with Gasteiger partial charge in [0.2, 0.25) is 5.95 Å². The lowest BCUT2D eigenvalue weighted by molar-refractivity contribution is -0.275. The minimum Gasteiger partial charge on any atom is -0.405 e. The first-order valence-corrected chi connectivity index (χ1v) is 7.89. The zero-order valence-corrected chi connectivity index (χ0v) is 14.2. The number of benzene rings is 2. The van der Waals surface area contributed by atoms with Gasteiger partial charge < -0.3 is 9.47 Å².